The maximum Gasteiger partial charge on any atom is 0.254 e. The van der Waals surface area contributed by atoms with Crippen LogP contribution in [0.15, 0.2) is 30.3 Å². The molecule has 1 rings (SSSR count). The van der Waals surface area contributed by atoms with Gasteiger partial charge in [0.15, 0.2) is 6.10 Å². The van der Waals surface area contributed by atoms with Gasteiger partial charge in [0.25, 0.3) is 5.91 Å². The fourth-order valence-electron chi connectivity index (χ4n) is 1.29. The van der Waals surface area contributed by atoms with Crippen molar-refractivity contribution in [1.82, 2.24) is 5.32 Å². The highest BCUT2D eigenvalue weighted by molar-refractivity contribution is 5.86. The van der Waals surface area contributed by atoms with E-state index in [2.05, 4.69) is 5.32 Å². The molecule has 0 aliphatic carbocycles. The lowest BCUT2D eigenvalue weighted by molar-refractivity contribution is -0.133. The second-order valence-electron chi connectivity index (χ2n) is 3.21. The number of nitrogens with one attached hydrogen (secondary N) is 1. The predicted molar refractivity (Wildman–Crippen MR) is 58.4 cm³/mol. The summed E-state index contributed by atoms with van der Waals surface area (Å²) in [6.45, 7) is -0.189. The minimum atomic E-state index is -0.722. The number of primary amides is 1. The first kappa shape index (κ1) is 12.2. The molecule has 0 spiro atoms. The van der Waals surface area contributed by atoms with Gasteiger partial charge in [-0.2, -0.15) is 0 Å². The van der Waals surface area contributed by atoms with E-state index in [1.807, 2.05) is 18.2 Å². The van der Waals surface area contributed by atoms with Crippen molar-refractivity contribution in [2.75, 3.05) is 13.7 Å². The number of carbonyl (C=O) groups excluding carboxylic acids is 2. The average Bonchev–Trinajstić information content (AvgIpc) is 2.29. The summed E-state index contributed by atoms with van der Waals surface area (Å²) in [4.78, 5) is 22.2. The zero-order valence-electron chi connectivity index (χ0n) is 8.97. The number of methoxy groups -OCH3 is 1. The number of nitrogens with two attached hydrogens (primary N) is 1. The molecule has 1 unspecified atom stereocenters. The highest BCUT2D eigenvalue weighted by Gasteiger charge is 2.19. The number of benzene rings is 1. The van der Waals surface area contributed by atoms with Gasteiger partial charge in [-0.25, -0.2) is 0 Å². The third-order valence-electron chi connectivity index (χ3n) is 2.01. The third kappa shape index (κ3) is 3.36. The van der Waals surface area contributed by atoms with E-state index >= 15 is 0 Å². The van der Waals surface area contributed by atoms with E-state index in [0.717, 1.165) is 5.56 Å². The van der Waals surface area contributed by atoms with Crippen molar-refractivity contribution in [2.45, 2.75) is 6.10 Å². The number of carbonyl (C=O) groups is 2. The number of hydrogen-bond donors (Lipinski definition) is 2. The Labute approximate surface area is 93.6 Å². The van der Waals surface area contributed by atoms with Crippen molar-refractivity contribution in [3.8, 4) is 0 Å². The molecule has 0 radical (unpaired) electrons. The molecular weight excluding hydrogens is 208 g/mol. The SMILES string of the molecule is COC(C(=O)NCC(N)=O)c1ccccc1. The van der Waals surface area contributed by atoms with Gasteiger partial charge in [-0.05, 0) is 5.56 Å². The van der Waals surface area contributed by atoms with E-state index in [-0.39, 0.29) is 12.5 Å². The molecule has 1 aromatic carbocycles. The van der Waals surface area contributed by atoms with Crippen LogP contribution in [0.25, 0.3) is 0 Å². The van der Waals surface area contributed by atoms with Crippen LogP contribution in [0, 0.1) is 0 Å². The van der Waals surface area contributed by atoms with E-state index < -0.39 is 12.0 Å². The Morgan fingerprint density at radius 3 is 2.50 bits per heavy atom. The Bertz CT molecular complexity index is 365. The molecule has 1 aromatic rings. The van der Waals surface area contributed by atoms with Crippen molar-refractivity contribution in [3.63, 3.8) is 0 Å². The summed E-state index contributed by atoms with van der Waals surface area (Å²) in [5, 5.41) is 2.39. The van der Waals surface area contributed by atoms with Gasteiger partial charge in [0.1, 0.15) is 0 Å². The van der Waals surface area contributed by atoms with E-state index in [1.54, 1.807) is 12.1 Å². The molecule has 0 bridgehead atoms. The minimum absolute atomic E-state index is 0.189. The Kier molecular flexibility index (Phi) is 4.47. The second-order valence-corrected chi connectivity index (χ2v) is 3.21. The maximum atomic E-state index is 11.6. The van der Waals surface area contributed by atoms with Crippen molar-refractivity contribution < 1.29 is 14.3 Å². The van der Waals surface area contributed by atoms with Crippen LogP contribution in [0.3, 0.4) is 0 Å². The first-order chi connectivity index (χ1) is 7.65. The summed E-state index contributed by atoms with van der Waals surface area (Å²) in [7, 11) is 1.43. The van der Waals surface area contributed by atoms with Crippen LogP contribution >= 0.6 is 0 Å². The summed E-state index contributed by atoms with van der Waals surface area (Å²) in [6, 6.07) is 9.01. The standard InChI is InChI=1S/C11H14N2O3/c1-16-10(8-5-3-2-4-6-8)11(15)13-7-9(12)14/h2-6,10H,7H2,1H3,(H2,12,14)(H,13,15). The normalized spacial score (nSPS) is 11.8. The highest BCUT2D eigenvalue weighted by atomic mass is 16.5. The number of hydrogen-bond acceptors (Lipinski definition) is 3. The molecule has 0 aromatic heterocycles. The van der Waals surface area contributed by atoms with E-state index in [1.165, 1.54) is 7.11 Å². The summed E-state index contributed by atoms with van der Waals surface area (Å²) in [6.07, 6.45) is -0.722. The van der Waals surface area contributed by atoms with Gasteiger partial charge in [-0.3, -0.25) is 9.59 Å². The topological polar surface area (TPSA) is 81.4 Å². The molecule has 5 heteroatoms. The molecule has 86 valence electrons. The van der Waals surface area contributed by atoms with Gasteiger partial charge >= 0.3 is 0 Å². The van der Waals surface area contributed by atoms with Crippen molar-refractivity contribution in [2.24, 2.45) is 5.73 Å². The van der Waals surface area contributed by atoms with Crippen LogP contribution in [0.2, 0.25) is 0 Å². The Morgan fingerprint density at radius 1 is 1.38 bits per heavy atom. The maximum absolute atomic E-state index is 11.6. The van der Waals surface area contributed by atoms with Gasteiger partial charge in [0, 0.05) is 7.11 Å². The third-order valence-corrected chi connectivity index (χ3v) is 2.01. The fourth-order valence-corrected chi connectivity index (χ4v) is 1.29. The van der Waals surface area contributed by atoms with Crippen LogP contribution in [0.1, 0.15) is 11.7 Å². The molecule has 0 saturated carbocycles. The summed E-state index contributed by atoms with van der Waals surface area (Å²) < 4.78 is 5.07. The molecule has 0 aliphatic heterocycles. The van der Waals surface area contributed by atoms with Crippen LogP contribution in [0.4, 0.5) is 0 Å². The predicted octanol–water partition coefficient (Wildman–Crippen LogP) is -0.0244. The lowest BCUT2D eigenvalue weighted by atomic mass is 10.1. The molecule has 3 N–H and O–H groups in total. The molecular formula is C11H14N2O3. The molecule has 0 saturated heterocycles. The Hall–Kier alpha value is -1.88. The summed E-state index contributed by atoms with van der Waals surface area (Å²) in [5.41, 5.74) is 5.66. The van der Waals surface area contributed by atoms with E-state index in [4.69, 9.17) is 10.5 Å². The minimum Gasteiger partial charge on any atom is -0.368 e. The second kappa shape index (κ2) is 5.87. The lowest BCUT2D eigenvalue weighted by Crippen LogP contribution is -2.36. The van der Waals surface area contributed by atoms with Gasteiger partial charge < -0.3 is 15.8 Å². The van der Waals surface area contributed by atoms with Gasteiger partial charge in [0.2, 0.25) is 5.91 Å². The number of rotatable bonds is 5. The Morgan fingerprint density at radius 2 is 2.00 bits per heavy atom. The largest absolute Gasteiger partial charge is 0.368 e. The average molecular weight is 222 g/mol. The first-order valence-electron chi connectivity index (χ1n) is 4.79. The van der Waals surface area contributed by atoms with Crippen LogP contribution in [0.5, 0.6) is 0 Å². The summed E-state index contributed by atoms with van der Waals surface area (Å²) >= 11 is 0. The summed E-state index contributed by atoms with van der Waals surface area (Å²) in [5.74, 6) is -0.969. The highest BCUT2D eigenvalue weighted by Crippen LogP contribution is 2.15. The molecule has 0 aliphatic rings. The zero-order valence-corrected chi connectivity index (χ0v) is 8.97. The van der Waals surface area contributed by atoms with Gasteiger partial charge in [-0.15, -0.1) is 0 Å². The molecule has 2 amide bonds. The smallest absolute Gasteiger partial charge is 0.254 e. The molecule has 0 fully saturated rings. The zero-order chi connectivity index (χ0) is 12.0. The van der Waals surface area contributed by atoms with E-state index in [9.17, 15) is 9.59 Å². The van der Waals surface area contributed by atoms with Crippen LogP contribution in [-0.2, 0) is 14.3 Å². The molecule has 1 atom stereocenters. The Balaban J connectivity index is 2.68. The van der Waals surface area contributed by atoms with Crippen molar-refractivity contribution in [1.29, 1.82) is 0 Å². The van der Waals surface area contributed by atoms with Crippen molar-refractivity contribution >= 4 is 11.8 Å². The van der Waals surface area contributed by atoms with Gasteiger partial charge in [0.05, 0.1) is 6.54 Å². The number of ether oxygens (including phenoxy) is 1. The quantitative estimate of drug-likeness (QED) is 0.734. The molecule has 16 heavy (non-hydrogen) atoms. The van der Waals surface area contributed by atoms with Crippen LogP contribution < -0.4 is 11.1 Å². The van der Waals surface area contributed by atoms with Gasteiger partial charge in [-0.1, -0.05) is 30.3 Å². The number of amides is 2. The fraction of sp³-hybridized carbons (Fsp3) is 0.273. The monoisotopic (exact) mass is 222 g/mol. The molecule has 0 heterocycles. The lowest BCUT2D eigenvalue weighted by Gasteiger charge is -2.14. The molecule has 5 nitrogen and oxygen atoms in total. The van der Waals surface area contributed by atoms with E-state index in [0.29, 0.717) is 0 Å². The van der Waals surface area contributed by atoms with Crippen molar-refractivity contribution in [3.05, 3.63) is 35.9 Å². The van der Waals surface area contributed by atoms with Crippen LogP contribution in [-0.4, -0.2) is 25.5 Å². The first-order valence-corrected chi connectivity index (χ1v) is 4.79.